The Morgan fingerprint density at radius 3 is 2.07 bits per heavy atom. The first-order valence-electron chi connectivity index (χ1n) is 9.83. The largest absolute Gasteiger partial charge is 0.279 e. The van der Waals surface area contributed by atoms with Crippen molar-refractivity contribution in [3.05, 3.63) is 54.1 Å². The molecule has 0 aromatic heterocycles. The lowest BCUT2D eigenvalue weighted by molar-refractivity contribution is 0.357. The van der Waals surface area contributed by atoms with Crippen LogP contribution in [0.25, 0.3) is 0 Å². The van der Waals surface area contributed by atoms with E-state index in [4.69, 9.17) is 0 Å². The fourth-order valence-corrected chi connectivity index (χ4v) is 5.71. The fraction of sp³-hybridized carbons (Fsp3) is 0.429. The van der Waals surface area contributed by atoms with Crippen LogP contribution in [0.1, 0.15) is 37.7 Å². The van der Waals surface area contributed by atoms with E-state index in [1.807, 2.05) is 18.2 Å². The number of benzene rings is 2. The average molecular weight is 437 g/mol. The second-order valence-electron chi connectivity index (χ2n) is 7.73. The van der Waals surface area contributed by atoms with Crippen molar-refractivity contribution in [1.82, 2.24) is 4.31 Å². The van der Waals surface area contributed by atoms with Gasteiger partial charge in [0.1, 0.15) is 0 Å². The molecule has 0 unspecified atom stereocenters. The molecule has 6 nitrogen and oxygen atoms in total. The van der Waals surface area contributed by atoms with Crippen LogP contribution in [0.4, 0.5) is 5.69 Å². The molecule has 1 fully saturated rings. The number of sulfonamides is 2. The first-order valence-corrected chi connectivity index (χ1v) is 12.8. The molecule has 0 atom stereocenters. The van der Waals surface area contributed by atoms with E-state index in [1.54, 1.807) is 6.07 Å². The van der Waals surface area contributed by atoms with Crippen molar-refractivity contribution in [2.24, 2.45) is 5.92 Å². The van der Waals surface area contributed by atoms with Crippen molar-refractivity contribution in [1.29, 1.82) is 0 Å². The van der Waals surface area contributed by atoms with Crippen LogP contribution in [-0.4, -0.2) is 35.2 Å². The zero-order chi connectivity index (χ0) is 21.1. The summed E-state index contributed by atoms with van der Waals surface area (Å²) in [6.07, 6.45) is 6.98. The van der Waals surface area contributed by atoms with Gasteiger partial charge in [-0.2, -0.15) is 0 Å². The fourth-order valence-electron chi connectivity index (χ4n) is 3.71. The normalized spacial score (nSPS) is 16.1. The molecular formula is C21H28N2O4S2. The highest BCUT2D eigenvalue weighted by atomic mass is 32.2. The topological polar surface area (TPSA) is 83.6 Å². The lowest BCUT2D eigenvalue weighted by Gasteiger charge is -2.23. The van der Waals surface area contributed by atoms with E-state index < -0.39 is 20.0 Å². The molecule has 2 aromatic carbocycles. The zero-order valence-corrected chi connectivity index (χ0v) is 18.5. The van der Waals surface area contributed by atoms with E-state index in [0.717, 1.165) is 16.3 Å². The van der Waals surface area contributed by atoms with Crippen molar-refractivity contribution in [2.45, 2.75) is 48.3 Å². The Labute approximate surface area is 174 Å². The van der Waals surface area contributed by atoms with Crippen molar-refractivity contribution in [2.75, 3.05) is 18.8 Å². The van der Waals surface area contributed by atoms with E-state index in [2.05, 4.69) is 4.72 Å². The van der Waals surface area contributed by atoms with Crippen LogP contribution in [0.5, 0.6) is 0 Å². The third-order valence-electron chi connectivity index (χ3n) is 5.41. The van der Waals surface area contributed by atoms with Gasteiger partial charge in [-0.25, -0.2) is 21.1 Å². The maximum Gasteiger partial charge on any atom is 0.261 e. The molecule has 0 aliphatic heterocycles. The molecule has 3 rings (SSSR count). The predicted molar refractivity (Wildman–Crippen MR) is 115 cm³/mol. The summed E-state index contributed by atoms with van der Waals surface area (Å²) in [4.78, 5) is 0.0850. The maximum absolute atomic E-state index is 12.9. The Bertz CT molecular complexity index is 1040. The predicted octanol–water partition coefficient (Wildman–Crippen LogP) is 3.86. The Morgan fingerprint density at radius 2 is 1.45 bits per heavy atom. The minimum Gasteiger partial charge on any atom is -0.279 e. The number of hydrogen-bond acceptors (Lipinski definition) is 4. The molecule has 1 aliphatic rings. The Hall–Kier alpha value is -1.90. The van der Waals surface area contributed by atoms with E-state index >= 15 is 0 Å². The van der Waals surface area contributed by atoms with Gasteiger partial charge in [-0.3, -0.25) is 4.72 Å². The van der Waals surface area contributed by atoms with Gasteiger partial charge in [0.15, 0.2) is 0 Å². The highest BCUT2D eigenvalue weighted by molar-refractivity contribution is 7.92. The number of nitrogens with zero attached hydrogens (tertiary/aromatic N) is 1. The molecule has 0 spiro atoms. The second-order valence-corrected chi connectivity index (χ2v) is 11.6. The van der Waals surface area contributed by atoms with E-state index in [1.165, 1.54) is 70.5 Å². The lowest BCUT2D eigenvalue weighted by atomic mass is 9.84. The number of para-hydroxylation sites is 1. The Kier molecular flexibility index (Phi) is 6.65. The van der Waals surface area contributed by atoms with Crippen LogP contribution in [0, 0.1) is 5.92 Å². The van der Waals surface area contributed by atoms with Crippen LogP contribution >= 0.6 is 0 Å². The highest BCUT2D eigenvalue weighted by Crippen LogP contribution is 2.30. The first-order chi connectivity index (χ1) is 13.7. The van der Waals surface area contributed by atoms with Gasteiger partial charge in [0.2, 0.25) is 10.0 Å². The number of hydrogen-bond donors (Lipinski definition) is 1. The molecule has 2 aromatic rings. The molecule has 0 amide bonds. The van der Waals surface area contributed by atoms with Crippen LogP contribution in [0.2, 0.25) is 0 Å². The third-order valence-corrected chi connectivity index (χ3v) is 8.62. The average Bonchev–Trinajstić information content (AvgIpc) is 2.70. The second kappa shape index (κ2) is 8.85. The van der Waals surface area contributed by atoms with E-state index in [9.17, 15) is 16.8 Å². The summed E-state index contributed by atoms with van der Waals surface area (Å²) in [5, 5.41) is 0. The molecule has 0 bridgehead atoms. The van der Waals surface area contributed by atoms with Crippen molar-refractivity contribution < 1.29 is 16.8 Å². The molecule has 0 saturated heterocycles. The summed E-state index contributed by atoms with van der Waals surface area (Å²) in [5.41, 5.74) is 1.58. The first kappa shape index (κ1) is 21.8. The SMILES string of the molecule is CN(C)S(=O)(=O)c1ccc(S(=O)(=O)Nc2ccccc2CC2CCCCC2)cc1. The van der Waals surface area contributed by atoms with Crippen LogP contribution in [0.15, 0.2) is 58.3 Å². The van der Waals surface area contributed by atoms with Crippen molar-refractivity contribution >= 4 is 25.7 Å². The number of anilines is 1. The minimum absolute atomic E-state index is 0.0303. The van der Waals surface area contributed by atoms with Gasteiger partial charge < -0.3 is 0 Å². The smallest absolute Gasteiger partial charge is 0.261 e. The van der Waals surface area contributed by atoms with Crippen molar-refractivity contribution in [3.63, 3.8) is 0 Å². The molecule has 1 N–H and O–H groups in total. The van der Waals surface area contributed by atoms with Crippen LogP contribution in [0.3, 0.4) is 0 Å². The van der Waals surface area contributed by atoms with Gasteiger partial charge in [-0.05, 0) is 48.2 Å². The summed E-state index contributed by atoms with van der Waals surface area (Å²) in [6, 6.07) is 12.8. The van der Waals surface area contributed by atoms with Crippen molar-refractivity contribution in [3.8, 4) is 0 Å². The van der Waals surface area contributed by atoms with Gasteiger partial charge in [0.25, 0.3) is 10.0 Å². The van der Waals surface area contributed by atoms with Gasteiger partial charge in [-0.1, -0.05) is 50.3 Å². The molecule has 1 saturated carbocycles. The van der Waals surface area contributed by atoms with Gasteiger partial charge in [0, 0.05) is 14.1 Å². The highest BCUT2D eigenvalue weighted by Gasteiger charge is 2.21. The Morgan fingerprint density at radius 1 is 0.862 bits per heavy atom. The van der Waals surface area contributed by atoms with E-state index in [-0.39, 0.29) is 9.79 Å². The molecule has 158 valence electrons. The molecule has 0 radical (unpaired) electrons. The quantitative estimate of drug-likeness (QED) is 0.714. The minimum atomic E-state index is -3.82. The summed E-state index contributed by atoms with van der Waals surface area (Å²) in [6.45, 7) is 0. The summed E-state index contributed by atoms with van der Waals surface area (Å²) >= 11 is 0. The molecule has 8 heteroatoms. The van der Waals surface area contributed by atoms with Gasteiger partial charge in [0.05, 0.1) is 15.5 Å². The zero-order valence-electron chi connectivity index (χ0n) is 16.8. The standard InChI is InChI=1S/C21H28N2O4S2/c1-23(2)29(26,27)20-14-12-19(13-15-20)28(24,25)22-21-11-7-6-10-18(21)16-17-8-4-3-5-9-17/h6-7,10-15,17,22H,3-5,8-9,16H2,1-2H3. The summed E-state index contributed by atoms with van der Waals surface area (Å²) in [7, 11) is -4.55. The molecule has 1 aliphatic carbocycles. The van der Waals surface area contributed by atoms with Crippen LogP contribution < -0.4 is 4.72 Å². The molecule has 29 heavy (non-hydrogen) atoms. The summed E-state index contributed by atoms with van der Waals surface area (Å²) < 4.78 is 53.9. The van der Waals surface area contributed by atoms with E-state index in [0.29, 0.717) is 11.6 Å². The molecule has 0 heterocycles. The molecular weight excluding hydrogens is 408 g/mol. The number of rotatable bonds is 7. The lowest BCUT2D eigenvalue weighted by Crippen LogP contribution is -2.22. The monoisotopic (exact) mass is 436 g/mol. The van der Waals surface area contributed by atoms with Gasteiger partial charge in [-0.15, -0.1) is 0 Å². The maximum atomic E-state index is 12.9. The van der Waals surface area contributed by atoms with Gasteiger partial charge >= 0.3 is 0 Å². The third kappa shape index (κ3) is 5.18. The Balaban J connectivity index is 1.81. The number of nitrogens with one attached hydrogen (secondary N) is 1. The summed E-state index contributed by atoms with van der Waals surface area (Å²) in [5.74, 6) is 0.588. The van der Waals surface area contributed by atoms with Crippen LogP contribution in [-0.2, 0) is 26.5 Å².